The van der Waals surface area contributed by atoms with Crippen LogP contribution in [0.15, 0.2) is 22.7 Å². The first-order chi connectivity index (χ1) is 9.16. The number of halogens is 2. The third kappa shape index (κ3) is 4.57. The van der Waals surface area contributed by atoms with Crippen LogP contribution < -0.4 is 5.32 Å². The van der Waals surface area contributed by atoms with Gasteiger partial charge in [0.15, 0.2) is 0 Å². The van der Waals surface area contributed by atoms with E-state index in [4.69, 9.17) is 0 Å². The third-order valence-electron chi connectivity index (χ3n) is 4.16. The van der Waals surface area contributed by atoms with E-state index in [-0.39, 0.29) is 11.9 Å². The fourth-order valence-electron chi connectivity index (χ4n) is 2.91. The minimum absolute atomic E-state index is 0.197. The zero-order valence-electron chi connectivity index (χ0n) is 11.6. The summed E-state index contributed by atoms with van der Waals surface area (Å²) >= 11 is 3.24. The lowest BCUT2D eigenvalue weighted by Crippen LogP contribution is -2.20. The van der Waals surface area contributed by atoms with Gasteiger partial charge in [-0.3, -0.25) is 0 Å². The molecule has 1 unspecified atom stereocenters. The second-order valence-corrected chi connectivity index (χ2v) is 6.50. The monoisotopic (exact) mass is 327 g/mol. The molecule has 1 nitrogen and oxygen atoms in total. The van der Waals surface area contributed by atoms with Crippen molar-refractivity contribution < 1.29 is 4.39 Å². The van der Waals surface area contributed by atoms with Crippen molar-refractivity contribution in [1.29, 1.82) is 0 Å². The Morgan fingerprint density at radius 2 is 2.11 bits per heavy atom. The lowest BCUT2D eigenvalue weighted by atomic mass is 10.0. The lowest BCUT2D eigenvalue weighted by molar-refractivity contribution is 0.456. The molecule has 1 saturated carbocycles. The summed E-state index contributed by atoms with van der Waals surface area (Å²) in [7, 11) is 0. The molecule has 1 fully saturated rings. The van der Waals surface area contributed by atoms with Crippen LogP contribution in [0.4, 0.5) is 4.39 Å². The van der Waals surface area contributed by atoms with Crippen molar-refractivity contribution in [3.8, 4) is 0 Å². The molecule has 0 amide bonds. The highest BCUT2D eigenvalue weighted by atomic mass is 79.9. The molecule has 0 spiro atoms. The van der Waals surface area contributed by atoms with Crippen LogP contribution >= 0.6 is 15.9 Å². The zero-order valence-corrected chi connectivity index (χ0v) is 13.2. The van der Waals surface area contributed by atoms with Crippen LogP contribution in [0.2, 0.25) is 0 Å². The SMILES string of the molecule is CC(NCCCC1CCCC1)c1ccc(F)c(Br)c1. The first-order valence-corrected chi connectivity index (χ1v) is 8.14. The van der Waals surface area contributed by atoms with Crippen LogP contribution in [-0.4, -0.2) is 6.54 Å². The maximum atomic E-state index is 13.2. The van der Waals surface area contributed by atoms with Crippen molar-refractivity contribution in [1.82, 2.24) is 5.32 Å². The average Bonchev–Trinajstić information content (AvgIpc) is 2.91. The molecule has 1 aromatic rings. The number of hydrogen-bond acceptors (Lipinski definition) is 1. The number of nitrogens with one attached hydrogen (secondary N) is 1. The van der Waals surface area contributed by atoms with E-state index in [2.05, 4.69) is 28.2 Å². The number of rotatable bonds is 6. The molecule has 3 heteroatoms. The molecular weight excluding hydrogens is 305 g/mol. The van der Waals surface area contributed by atoms with Crippen LogP contribution in [0.25, 0.3) is 0 Å². The lowest BCUT2D eigenvalue weighted by Gasteiger charge is -2.16. The summed E-state index contributed by atoms with van der Waals surface area (Å²) in [5.41, 5.74) is 1.13. The van der Waals surface area contributed by atoms with Crippen molar-refractivity contribution in [3.63, 3.8) is 0 Å². The summed E-state index contributed by atoms with van der Waals surface area (Å²) in [6, 6.07) is 5.52. The molecule has 2 rings (SSSR count). The second-order valence-electron chi connectivity index (χ2n) is 5.64. The maximum Gasteiger partial charge on any atom is 0.137 e. The standard InChI is InChI=1S/C16H23BrFN/c1-12(14-8-9-16(18)15(17)11-14)19-10-4-7-13-5-2-3-6-13/h8-9,11-13,19H,2-7,10H2,1H3. The van der Waals surface area contributed by atoms with Crippen LogP contribution in [0.1, 0.15) is 57.1 Å². The molecule has 0 aromatic heterocycles. The number of hydrogen-bond donors (Lipinski definition) is 1. The van der Waals surface area contributed by atoms with Crippen molar-refractivity contribution in [2.45, 2.75) is 51.5 Å². The summed E-state index contributed by atoms with van der Waals surface area (Å²) < 4.78 is 13.7. The van der Waals surface area contributed by atoms with Gasteiger partial charge in [-0.05, 0) is 65.9 Å². The summed E-state index contributed by atoms with van der Waals surface area (Å²) in [6.45, 7) is 3.18. The second kappa shape index (κ2) is 7.39. The summed E-state index contributed by atoms with van der Waals surface area (Å²) in [5, 5.41) is 3.53. The smallest absolute Gasteiger partial charge is 0.137 e. The van der Waals surface area contributed by atoms with Crippen molar-refractivity contribution in [3.05, 3.63) is 34.1 Å². The van der Waals surface area contributed by atoms with Gasteiger partial charge in [0.1, 0.15) is 5.82 Å². The van der Waals surface area contributed by atoms with Gasteiger partial charge in [-0.1, -0.05) is 31.7 Å². The van der Waals surface area contributed by atoms with Crippen molar-refractivity contribution in [2.24, 2.45) is 5.92 Å². The molecule has 1 aliphatic carbocycles. The molecule has 0 heterocycles. The molecule has 106 valence electrons. The molecule has 19 heavy (non-hydrogen) atoms. The number of benzene rings is 1. The molecule has 0 saturated heterocycles. The Labute approximate surface area is 124 Å². The predicted molar refractivity (Wildman–Crippen MR) is 81.7 cm³/mol. The summed E-state index contributed by atoms with van der Waals surface area (Å²) in [4.78, 5) is 0. The topological polar surface area (TPSA) is 12.0 Å². The van der Waals surface area contributed by atoms with E-state index in [1.165, 1.54) is 44.6 Å². The van der Waals surface area contributed by atoms with Gasteiger partial charge >= 0.3 is 0 Å². The van der Waals surface area contributed by atoms with Gasteiger partial charge in [-0.15, -0.1) is 0 Å². The molecule has 0 bridgehead atoms. The zero-order chi connectivity index (χ0) is 13.7. The Morgan fingerprint density at radius 1 is 1.37 bits per heavy atom. The largest absolute Gasteiger partial charge is 0.310 e. The van der Waals surface area contributed by atoms with Gasteiger partial charge in [-0.25, -0.2) is 4.39 Å². The quantitative estimate of drug-likeness (QED) is 0.707. The first-order valence-electron chi connectivity index (χ1n) is 7.35. The van der Waals surface area contributed by atoms with Crippen LogP contribution in [0.3, 0.4) is 0 Å². The van der Waals surface area contributed by atoms with E-state index in [1.807, 2.05) is 12.1 Å². The molecule has 0 radical (unpaired) electrons. The first kappa shape index (κ1) is 15.0. The molecule has 1 aliphatic rings. The molecule has 0 aliphatic heterocycles. The van der Waals surface area contributed by atoms with Crippen molar-refractivity contribution in [2.75, 3.05) is 6.54 Å². The molecule has 1 N–H and O–H groups in total. The van der Waals surface area contributed by atoms with E-state index in [1.54, 1.807) is 0 Å². The maximum absolute atomic E-state index is 13.2. The highest BCUT2D eigenvalue weighted by Gasteiger charge is 2.14. The Bertz CT molecular complexity index is 402. The molecule has 1 atom stereocenters. The van der Waals surface area contributed by atoms with Crippen LogP contribution in [0, 0.1) is 11.7 Å². The Morgan fingerprint density at radius 3 is 2.79 bits per heavy atom. The van der Waals surface area contributed by atoms with E-state index >= 15 is 0 Å². The van der Waals surface area contributed by atoms with E-state index in [0.717, 1.165) is 18.0 Å². The molecular formula is C16H23BrFN. The Balaban J connectivity index is 1.71. The third-order valence-corrected chi connectivity index (χ3v) is 4.77. The van der Waals surface area contributed by atoms with Gasteiger partial charge in [0.05, 0.1) is 4.47 Å². The van der Waals surface area contributed by atoms with E-state index < -0.39 is 0 Å². The van der Waals surface area contributed by atoms with Gasteiger partial charge < -0.3 is 5.32 Å². The summed E-state index contributed by atoms with van der Waals surface area (Å²) in [6.07, 6.45) is 8.32. The highest BCUT2D eigenvalue weighted by Crippen LogP contribution is 2.28. The van der Waals surface area contributed by atoms with Gasteiger partial charge in [0.2, 0.25) is 0 Å². The summed E-state index contributed by atoms with van der Waals surface area (Å²) in [5.74, 6) is 0.772. The normalized spacial score (nSPS) is 17.8. The van der Waals surface area contributed by atoms with Crippen LogP contribution in [0.5, 0.6) is 0 Å². The van der Waals surface area contributed by atoms with Crippen LogP contribution in [-0.2, 0) is 0 Å². The molecule has 1 aromatic carbocycles. The Kier molecular flexibility index (Phi) is 5.83. The minimum Gasteiger partial charge on any atom is -0.310 e. The predicted octanol–water partition coefficient (Wildman–Crippen LogP) is 5.21. The van der Waals surface area contributed by atoms with Crippen molar-refractivity contribution >= 4 is 15.9 Å². The van der Waals surface area contributed by atoms with Gasteiger partial charge in [0.25, 0.3) is 0 Å². The average molecular weight is 328 g/mol. The van der Waals surface area contributed by atoms with E-state index in [0.29, 0.717) is 4.47 Å². The van der Waals surface area contributed by atoms with Gasteiger partial charge in [-0.2, -0.15) is 0 Å². The fourth-order valence-corrected chi connectivity index (χ4v) is 3.30. The highest BCUT2D eigenvalue weighted by molar-refractivity contribution is 9.10. The fraction of sp³-hybridized carbons (Fsp3) is 0.625. The van der Waals surface area contributed by atoms with E-state index in [9.17, 15) is 4.39 Å². The van der Waals surface area contributed by atoms with Gasteiger partial charge in [0, 0.05) is 6.04 Å². The minimum atomic E-state index is -0.197. The Hall–Kier alpha value is -0.410.